The van der Waals surface area contributed by atoms with Gasteiger partial charge in [-0.3, -0.25) is 9.48 Å². The summed E-state index contributed by atoms with van der Waals surface area (Å²) < 4.78 is 1.89. The van der Waals surface area contributed by atoms with Crippen LogP contribution in [0.5, 0.6) is 0 Å². The van der Waals surface area contributed by atoms with Gasteiger partial charge in [0.2, 0.25) is 0 Å². The minimum absolute atomic E-state index is 0.228. The first-order chi connectivity index (χ1) is 14.9. The third-order valence-electron chi connectivity index (χ3n) is 10.5. The smallest absolute Gasteiger partial charge is 0.158 e. The van der Waals surface area contributed by atoms with Gasteiger partial charge in [0.25, 0.3) is 0 Å². The van der Waals surface area contributed by atoms with Crippen molar-refractivity contribution < 1.29 is 4.79 Å². The highest BCUT2D eigenvalue weighted by atomic mass is 32.2. The molecule has 1 aromatic rings. The Hall–Kier alpha value is -0.770. The predicted molar refractivity (Wildman–Crippen MR) is 128 cm³/mol. The Kier molecular flexibility index (Phi) is 5.85. The number of thioether (sulfide) groups is 1. The first-order valence-electron chi connectivity index (χ1n) is 13.0. The minimum Gasteiger partial charge on any atom is -0.297 e. The summed E-state index contributed by atoms with van der Waals surface area (Å²) in [5.41, 5.74) is 0.228. The van der Waals surface area contributed by atoms with Gasteiger partial charge in [0.15, 0.2) is 5.78 Å². The summed E-state index contributed by atoms with van der Waals surface area (Å²) in [6.07, 6.45) is 15.6. The van der Waals surface area contributed by atoms with Crippen LogP contribution in [-0.4, -0.2) is 21.8 Å². The Morgan fingerprint density at radius 3 is 2.71 bits per heavy atom. The third-order valence-corrected chi connectivity index (χ3v) is 11.2. The van der Waals surface area contributed by atoms with Crippen molar-refractivity contribution in [3.63, 3.8) is 0 Å². The lowest BCUT2D eigenvalue weighted by Crippen LogP contribution is -2.50. The van der Waals surface area contributed by atoms with Crippen LogP contribution >= 0.6 is 11.8 Å². The summed E-state index contributed by atoms with van der Waals surface area (Å²) >= 11 is 1.70. The first-order valence-corrected chi connectivity index (χ1v) is 14.3. The maximum absolute atomic E-state index is 13.7. The van der Waals surface area contributed by atoms with E-state index < -0.39 is 0 Å². The molecule has 4 saturated carbocycles. The topological polar surface area (TPSA) is 34.9 Å². The number of carbonyl (C=O) groups excluding carboxylic acids is 1. The lowest BCUT2D eigenvalue weighted by atomic mass is 9.49. The molecule has 0 amide bonds. The van der Waals surface area contributed by atoms with E-state index in [1.54, 1.807) is 11.8 Å². The number of nitrogens with zero attached hydrogens (tertiary/aromatic N) is 2. The number of hydrogen-bond donors (Lipinski definition) is 0. The van der Waals surface area contributed by atoms with E-state index in [9.17, 15) is 4.79 Å². The van der Waals surface area contributed by atoms with Gasteiger partial charge in [-0.1, -0.05) is 47.0 Å². The van der Waals surface area contributed by atoms with Crippen LogP contribution in [0, 0.1) is 58.7 Å². The first kappa shape index (κ1) is 22.0. The molecule has 3 nitrogen and oxygen atoms in total. The van der Waals surface area contributed by atoms with Crippen LogP contribution in [0.2, 0.25) is 0 Å². The van der Waals surface area contributed by atoms with Gasteiger partial charge in [-0.05, 0) is 84.7 Å². The van der Waals surface area contributed by atoms with Crippen LogP contribution in [0.4, 0.5) is 0 Å². The molecule has 5 rings (SSSR count). The number of carbonyl (C=O) groups is 1. The second-order valence-electron chi connectivity index (χ2n) is 11.6. The van der Waals surface area contributed by atoms with Gasteiger partial charge in [0, 0.05) is 17.0 Å². The van der Waals surface area contributed by atoms with Crippen molar-refractivity contribution in [3.8, 4) is 0 Å². The summed E-state index contributed by atoms with van der Waals surface area (Å²) in [7, 11) is 0. The summed E-state index contributed by atoms with van der Waals surface area (Å²) in [5, 5.41) is 4.47. The van der Waals surface area contributed by atoms with Crippen molar-refractivity contribution in [2.24, 2.45) is 58.7 Å². The van der Waals surface area contributed by atoms with Gasteiger partial charge >= 0.3 is 0 Å². The van der Waals surface area contributed by atoms with E-state index >= 15 is 0 Å². The Balaban J connectivity index is 1.40. The van der Waals surface area contributed by atoms with E-state index in [4.69, 9.17) is 0 Å². The van der Waals surface area contributed by atoms with E-state index in [0.29, 0.717) is 18.2 Å². The average molecular weight is 443 g/mol. The van der Waals surface area contributed by atoms with Crippen molar-refractivity contribution in [1.29, 1.82) is 0 Å². The Labute approximate surface area is 193 Å². The van der Waals surface area contributed by atoms with Gasteiger partial charge in [-0.2, -0.15) is 5.10 Å². The van der Waals surface area contributed by atoms with E-state index in [1.165, 1.54) is 44.9 Å². The molecule has 1 heterocycles. The molecule has 0 radical (unpaired) electrons. The molecule has 172 valence electrons. The van der Waals surface area contributed by atoms with Crippen LogP contribution < -0.4 is 0 Å². The Morgan fingerprint density at radius 2 is 2.03 bits per heavy atom. The van der Waals surface area contributed by atoms with Crippen molar-refractivity contribution in [1.82, 2.24) is 9.78 Å². The normalized spacial score (nSPS) is 45.6. The molecule has 4 aliphatic rings. The molecule has 0 aromatic carbocycles. The molecule has 0 bridgehead atoms. The third kappa shape index (κ3) is 3.37. The summed E-state index contributed by atoms with van der Waals surface area (Å²) in [4.78, 5) is 14.9. The van der Waals surface area contributed by atoms with Crippen molar-refractivity contribution in [3.05, 3.63) is 12.4 Å². The summed E-state index contributed by atoms with van der Waals surface area (Å²) in [5.74, 6) is 7.40. The average Bonchev–Trinajstić information content (AvgIpc) is 3.10. The zero-order chi connectivity index (χ0) is 21.9. The number of aromatic nitrogens is 2. The largest absolute Gasteiger partial charge is 0.297 e. The number of rotatable bonds is 7. The number of ketones is 1. The van der Waals surface area contributed by atoms with Gasteiger partial charge in [-0.15, -0.1) is 11.8 Å². The van der Waals surface area contributed by atoms with Crippen LogP contribution in [0.25, 0.3) is 0 Å². The molecule has 0 saturated heterocycles. The summed E-state index contributed by atoms with van der Waals surface area (Å²) in [6, 6.07) is 0. The van der Waals surface area contributed by atoms with E-state index in [0.717, 1.165) is 46.3 Å². The minimum atomic E-state index is 0.228. The molecule has 10 unspecified atom stereocenters. The highest BCUT2D eigenvalue weighted by molar-refractivity contribution is 7.98. The second-order valence-corrected chi connectivity index (χ2v) is 12.5. The lowest BCUT2D eigenvalue weighted by molar-refractivity contribution is -0.134. The fourth-order valence-corrected chi connectivity index (χ4v) is 9.70. The monoisotopic (exact) mass is 442 g/mol. The molecule has 1 aromatic heterocycles. The van der Waals surface area contributed by atoms with Gasteiger partial charge < -0.3 is 0 Å². The Bertz CT molecular complexity index is 820. The quantitative estimate of drug-likeness (QED) is 0.448. The molecule has 4 aliphatic carbocycles. The molecule has 31 heavy (non-hydrogen) atoms. The van der Waals surface area contributed by atoms with Gasteiger partial charge in [0.1, 0.15) is 0 Å². The van der Waals surface area contributed by atoms with Crippen LogP contribution in [0.15, 0.2) is 17.3 Å². The van der Waals surface area contributed by atoms with Crippen LogP contribution in [0.1, 0.15) is 72.6 Å². The number of fused-ring (bicyclic) bond motifs is 5. The fourth-order valence-electron chi connectivity index (χ4n) is 9.32. The Morgan fingerprint density at radius 1 is 1.23 bits per heavy atom. The van der Waals surface area contributed by atoms with Crippen LogP contribution in [-0.2, 0) is 11.3 Å². The highest BCUT2D eigenvalue weighted by Crippen LogP contribution is 2.76. The summed E-state index contributed by atoms with van der Waals surface area (Å²) in [6.45, 7) is 10.2. The van der Waals surface area contributed by atoms with E-state index in [-0.39, 0.29) is 11.3 Å². The standard InChI is InChI=1S/C27H42N2OS/c1-6-8-19-17(7-2)9-10-21-20(19)11-12-27(4)25(21)23-16(3)24(23)26(27)22(30)15-29-14-18(31-5)13-28-29/h13-14,16-17,19-21,23-26H,6-12,15H2,1-5H3. The zero-order valence-corrected chi connectivity index (χ0v) is 21.0. The van der Waals surface area contributed by atoms with E-state index in [2.05, 4.69) is 39.0 Å². The lowest BCUT2D eigenvalue weighted by Gasteiger charge is -2.56. The molecule has 4 heteroatoms. The molecule has 0 aliphatic heterocycles. The molecular formula is C27H42N2OS. The number of Topliss-reactive ketones (excluding diaryl/α,β-unsaturated/α-hetero) is 1. The van der Waals surface area contributed by atoms with Crippen molar-refractivity contribution in [2.75, 3.05) is 6.26 Å². The number of hydrogen-bond acceptors (Lipinski definition) is 3. The van der Waals surface area contributed by atoms with Crippen molar-refractivity contribution >= 4 is 17.5 Å². The highest BCUT2D eigenvalue weighted by Gasteiger charge is 2.73. The zero-order valence-electron chi connectivity index (χ0n) is 20.2. The SMILES string of the molecule is CCCC1C(CC)CCC2C1CCC1(C)C(C(=O)Cn3cc(SC)cn3)C3C(C)C3C21. The van der Waals surface area contributed by atoms with Crippen molar-refractivity contribution in [2.45, 2.75) is 84.1 Å². The van der Waals surface area contributed by atoms with Gasteiger partial charge in [-0.25, -0.2) is 0 Å². The van der Waals surface area contributed by atoms with E-state index in [1.807, 2.05) is 17.1 Å². The second kappa shape index (κ2) is 8.22. The van der Waals surface area contributed by atoms with Crippen LogP contribution in [0.3, 0.4) is 0 Å². The molecule has 4 fully saturated rings. The maximum atomic E-state index is 13.7. The molecule has 0 N–H and O–H groups in total. The molecular weight excluding hydrogens is 400 g/mol. The molecule has 10 atom stereocenters. The van der Waals surface area contributed by atoms with Gasteiger partial charge in [0.05, 0.1) is 12.7 Å². The maximum Gasteiger partial charge on any atom is 0.158 e. The predicted octanol–water partition coefficient (Wildman–Crippen LogP) is 6.57. The fraction of sp³-hybridized carbons (Fsp3) is 0.852. The molecule has 0 spiro atoms.